The van der Waals surface area contributed by atoms with E-state index in [1.165, 1.54) is 48.8 Å². The van der Waals surface area contributed by atoms with Gasteiger partial charge in [0, 0.05) is 17.5 Å². The zero-order chi connectivity index (χ0) is 18.1. The molecule has 5 heteroatoms. The van der Waals surface area contributed by atoms with Gasteiger partial charge in [0.05, 0.1) is 19.7 Å². The van der Waals surface area contributed by atoms with Crippen LogP contribution in [0.4, 0.5) is 5.69 Å². The Labute approximate surface area is 150 Å². The molecule has 134 valence electrons. The van der Waals surface area contributed by atoms with Crippen molar-refractivity contribution >= 4 is 11.7 Å². The molecule has 0 bridgehead atoms. The van der Waals surface area contributed by atoms with Crippen LogP contribution in [0.2, 0.25) is 0 Å². The number of para-hydroxylation sites is 1. The van der Waals surface area contributed by atoms with Crippen LogP contribution in [-0.4, -0.2) is 25.7 Å². The largest absolute Gasteiger partial charge is 0.462 e. The van der Waals surface area contributed by atoms with Crippen LogP contribution < -0.4 is 10.2 Å². The Morgan fingerprint density at radius 1 is 1.36 bits per heavy atom. The third kappa shape index (κ3) is 5.61. The quantitative estimate of drug-likeness (QED) is 0.454. The van der Waals surface area contributed by atoms with Crippen molar-refractivity contribution in [3.8, 4) is 6.07 Å². The minimum Gasteiger partial charge on any atom is -0.462 e. The van der Waals surface area contributed by atoms with E-state index in [-0.39, 0.29) is 12.2 Å². The molecule has 0 heterocycles. The number of nitrogens with one attached hydrogen (secondary N) is 2. The zero-order valence-corrected chi connectivity index (χ0v) is 15.2. The first-order valence-electron chi connectivity index (χ1n) is 9.09. The molecule has 5 nitrogen and oxygen atoms in total. The fraction of sp³-hybridized carbons (Fsp3) is 0.500. The summed E-state index contributed by atoms with van der Waals surface area (Å²) >= 11 is 0. The van der Waals surface area contributed by atoms with Crippen molar-refractivity contribution in [3.05, 3.63) is 41.6 Å². The molecule has 25 heavy (non-hydrogen) atoms. The van der Waals surface area contributed by atoms with Crippen LogP contribution in [0.15, 0.2) is 36.0 Å². The van der Waals surface area contributed by atoms with Gasteiger partial charge in [0.25, 0.3) is 0 Å². The number of nitriles is 1. The van der Waals surface area contributed by atoms with Gasteiger partial charge in [-0.15, -0.1) is 0 Å². The van der Waals surface area contributed by atoms with Gasteiger partial charge in [-0.05, 0) is 38.7 Å². The molecule has 1 unspecified atom stereocenters. The lowest BCUT2D eigenvalue weighted by molar-refractivity contribution is -0.921. The average molecular weight is 342 g/mol. The molecule has 0 aliphatic heterocycles. The molecule has 1 fully saturated rings. The van der Waals surface area contributed by atoms with Gasteiger partial charge < -0.3 is 15.0 Å². The third-order valence-electron chi connectivity index (χ3n) is 4.78. The number of hydrogen-bond donors (Lipinski definition) is 2. The normalized spacial score (nSPS) is 16.8. The van der Waals surface area contributed by atoms with Gasteiger partial charge in [0.1, 0.15) is 12.6 Å². The molecule has 2 N–H and O–H groups in total. The van der Waals surface area contributed by atoms with Gasteiger partial charge in [-0.1, -0.05) is 24.6 Å². The van der Waals surface area contributed by atoms with Crippen LogP contribution in [0, 0.1) is 11.3 Å². The molecule has 1 aliphatic rings. The molecule has 0 amide bonds. The number of hydrogen-bond acceptors (Lipinski definition) is 4. The van der Waals surface area contributed by atoms with Gasteiger partial charge in [0.15, 0.2) is 5.57 Å². The highest BCUT2D eigenvalue weighted by Crippen LogP contribution is 2.18. The molecule has 0 spiro atoms. The highest BCUT2D eigenvalue weighted by Gasteiger charge is 2.22. The van der Waals surface area contributed by atoms with E-state index < -0.39 is 5.97 Å². The molecule has 1 saturated carbocycles. The number of quaternary nitrogens is 1. The maximum Gasteiger partial charge on any atom is 0.350 e. The summed E-state index contributed by atoms with van der Waals surface area (Å²) in [6, 6.07) is 10.6. The maximum atomic E-state index is 11.7. The van der Waals surface area contributed by atoms with Crippen LogP contribution >= 0.6 is 0 Å². The molecule has 1 aromatic rings. The Bertz CT molecular complexity index is 643. The zero-order valence-electron chi connectivity index (χ0n) is 15.2. The highest BCUT2D eigenvalue weighted by atomic mass is 16.5. The van der Waals surface area contributed by atoms with E-state index in [2.05, 4.69) is 18.4 Å². The molecular formula is C20H28N3O2+. The van der Waals surface area contributed by atoms with Crippen molar-refractivity contribution in [2.24, 2.45) is 0 Å². The predicted molar refractivity (Wildman–Crippen MR) is 97.9 cm³/mol. The van der Waals surface area contributed by atoms with E-state index in [9.17, 15) is 4.79 Å². The summed E-state index contributed by atoms with van der Waals surface area (Å²) in [6.07, 6.45) is 8.04. The summed E-state index contributed by atoms with van der Waals surface area (Å²) < 4.78 is 4.88. The minimum atomic E-state index is -0.597. The van der Waals surface area contributed by atoms with Crippen molar-refractivity contribution in [3.63, 3.8) is 0 Å². The number of rotatable bonds is 7. The Kier molecular flexibility index (Phi) is 7.49. The Morgan fingerprint density at radius 2 is 2.08 bits per heavy atom. The van der Waals surface area contributed by atoms with Crippen molar-refractivity contribution < 1.29 is 14.4 Å². The number of carbonyl (C=O) groups is 1. The molecule has 1 aromatic carbocycles. The molecular weight excluding hydrogens is 314 g/mol. The predicted octanol–water partition coefficient (Wildman–Crippen LogP) is 2.42. The Morgan fingerprint density at radius 3 is 2.76 bits per heavy atom. The lowest BCUT2D eigenvalue weighted by atomic mass is 9.94. The standard InChI is InChI=1S/C20H27N3O2/c1-3-25-20(24)17(13-21)14-22-19-12-8-7-9-16(19)15-23(2)18-10-5-4-6-11-18/h7-9,12,14,18,22H,3-6,10-11,15H2,1-2H3/p+1/b17-14+. The van der Waals surface area contributed by atoms with Crippen molar-refractivity contribution in [2.45, 2.75) is 51.6 Å². The summed E-state index contributed by atoms with van der Waals surface area (Å²) in [7, 11) is 2.25. The second kappa shape index (κ2) is 9.85. The molecule has 1 aliphatic carbocycles. The van der Waals surface area contributed by atoms with E-state index in [0.29, 0.717) is 6.04 Å². The van der Waals surface area contributed by atoms with Crippen LogP contribution in [0.3, 0.4) is 0 Å². The van der Waals surface area contributed by atoms with E-state index in [4.69, 9.17) is 10.00 Å². The summed E-state index contributed by atoms with van der Waals surface area (Å²) in [5.41, 5.74) is 2.09. The first-order chi connectivity index (χ1) is 12.2. The fourth-order valence-corrected chi connectivity index (χ4v) is 3.35. The number of benzene rings is 1. The molecule has 0 radical (unpaired) electrons. The number of carbonyl (C=O) groups excluding carboxylic acids is 1. The van der Waals surface area contributed by atoms with Gasteiger partial charge in [-0.3, -0.25) is 0 Å². The summed E-state index contributed by atoms with van der Waals surface area (Å²) in [4.78, 5) is 13.2. The maximum absolute atomic E-state index is 11.7. The van der Waals surface area contributed by atoms with Crippen LogP contribution in [-0.2, 0) is 16.1 Å². The Hall–Kier alpha value is -2.32. The average Bonchev–Trinajstić information content (AvgIpc) is 2.64. The van der Waals surface area contributed by atoms with E-state index in [0.717, 1.165) is 12.2 Å². The van der Waals surface area contributed by atoms with Crippen LogP contribution in [0.25, 0.3) is 0 Å². The van der Waals surface area contributed by atoms with Gasteiger partial charge in [-0.2, -0.15) is 5.26 Å². The monoisotopic (exact) mass is 342 g/mol. The molecule has 2 rings (SSSR count). The SMILES string of the molecule is CCOC(=O)/C(C#N)=C/Nc1ccccc1C[NH+](C)C1CCCCC1. The molecule has 0 aromatic heterocycles. The molecule has 0 saturated heterocycles. The van der Waals surface area contributed by atoms with Gasteiger partial charge in [0.2, 0.25) is 0 Å². The van der Waals surface area contributed by atoms with Crippen LogP contribution in [0.5, 0.6) is 0 Å². The van der Waals surface area contributed by atoms with Crippen LogP contribution in [0.1, 0.15) is 44.6 Å². The first-order valence-corrected chi connectivity index (χ1v) is 9.09. The summed E-state index contributed by atoms with van der Waals surface area (Å²) in [5.74, 6) is -0.597. The number of ether oxygens (including phenoxy) is 1. The topological polar surface area (TPSA) is 66.6 Å². The number of anilines is 1. The third-order valence-corrected chi connectivity index (χ3v) is 4.78. The van der Waals surface area contributed by atoms with Gasteiger partial charge >= 0.3 is 5.97 Å². The van der Waals surface area contributed by atoms with Crippen molar-refractivity contribution in [1.29, 1.82) is 5.26 Å². The molecule has 1 atom stereocenters. The lowest BCUT2D eigenvalue weighted by Gasteiger charge is -2.28. The van der Waals surface area contributed by atoms with E-state index in [1.807, 2.05) is 24.3 Å². The second-order valence-corrected chi connectivity index (χ2v) is 6.55. The summed E-state index contributed by atoms with van der Waals surface area (Å²) in [6.45, 7) is 2.90. The second-order valence-electron chi connectivity index (χ2n) is 6.55. The summed E-state index contributed by atoms with van der Waals surface area (Å²) in [5, 5.41) is 12.2. The van der Waals surface area contributed by atoms with Crippen molar-refractivity contribution in [2.75, 3.05) is 19.0 Å². The smallest absolute Gasteiger partial charge is 0.350 e. The fourth-order valence-electron chi connectivity index (χ4n) is 3.35. The number of esters is 1. The van der Waals surface area contributed by atoms with E-state index >= 15 is 0 Å². The highest BCUT2D eigenvalue weighted by molar-refractivity contribution is 5.93. The van der Waals surface area contributed by atoms with Crippen molar-refractivity contribution in [1.82, 2.24) is 0 Å². The minimum absolute atomic E-state index is 0.0235. The van der Waals surface area contributed by atoms with Gasteiger partial charge in [-0.25, -0.2) is 4.79 Å². The number of nitrogens with zero attached hydrogens (tertiary/aromatic N) is 1. The Balaban J connectivity index is 2.06. The van der Waals surface area contributed by atoms with E-state index in [1.54, 1.807) is 6.92 Å². The first kappa shape index (κ1) is 19.0. The lowest BCUT2D eigenvalue weighted by Crippen LogP contribution is -3.11.